The molecule has 47 heavy (non-hydrogen) atoms. The summed E-state index contributed by atoms with van der Waals surface area (Å²) in [7, 11) is -0.825. The van der Waals surface area contributed by atoms with E-state index in [-0.39, 0.29) is 46.1 Å². The van der Waals surface area contributed by atoms with Crippen LogP contribution in [0, 0.1) is 5.41 Å². The molecule has 2 saturated heterocycles. The van der Waals surface area contributed by atoms with Gasteiger partial charge < -0.3 is 23.0 Å². The van der Waals surface area contributed by atoms with Crippen molar-refractivity contribution < 1.29 is 27.8 Å². The number of hydrogen-bond donors (Lipinski definition) is 0. The smallest absolute Gasteiger partial charge is 0.461 e. The van der Waals surface area contributed by atoms with Gasteiger partial charge in [-0.1, -0.05) is 65.0 Å². The Hall–Kier alpha value is -2.71. The summed E-state index contributed by atoms with van der Waals surface area (Å²) in [6.45, 7) is 26.0. The molecular formula is C38H54B2O7. The van der Waals surface area contributed by atoms with Crippen LogP contribution in [0.1, 0.15) is 125 Å². The quantitative estimate of drug-likeness (QED) is 0.220. The van der Waals surface area contributed by atoms with Crippen LogP contribution < -0.4 is 16.4 Å². The Labute approximate surface area is 282 Å². The van der Waals surface area contributed by atoms with E-state index in [1.807, 2.05) is 132 Å². The molecule has 7 nitrogen and oxygen atoms in total. The molecule has 9 heteroatoms. The van der Waals surface area contributed by atoms with Crippen LogP contribution in [0.25, 0.3) is 11.0 Å². The molecule has 2 fully saturated rings. The third-order valence-corrected chi connectivity index (χ3v) is 10.1. The van der Waals surface area contributed by atoms with Crippen molar-refractivity contribution in [1.29, 1.82) is 0 Å². The number of carbonyl (C=O) groups excluding carboxylic acids is 1. The minimum atomic E-state index is -0.444. The van der Waals surface area contributed by atoms with E-state index in [4.69, 9.17) is 23.0 Å². The van der Waals surface area contributed by atoms with Crippen molar-refractivity contribution in [2.75, 3.05) is 0 Å². The number of benzene rings is 2. The monoisotopic (exact) mass is 644 g/mol. The van der Waals surface area contributed by atoms with Gasteiger partial charge in [0.25, 0.3) is 0 Å². The maximum atomic E-state index is 12.7. The van der Waals surface area contributed by atoms with E-state index >= 15 is 0 Å². The Morgan fingerprint density at radius 1 is 0.681 bits per heavy atom. The molecule has 0 spiro atoms. The van der Waals surface area contributed by atoms with Gasteiger partial charge in [-0.15, -0.1) is 0 Å². The summed E-state index contributed by atoms with van der Waals surface area (Å²) >= 11 is 0. The second kappa shape index (κ2) is 13.3. The van der Waals surface area contributed by atoms with Crippen LogP contribution >= 0.6 is 0 Å². The van der Waals surface area contributed by atoms with Crippen molar-refractivity contribution in [3.63, 3.8) is 0 Å². The molecule has 1 aliphatic carbocycles. The third kappa shape index (κ3) is 7.49. The summed E-state index contributed by atoms with van der Waals surface area (Å²) in [5.74, 6) is 0.993. The Morgan fingerprint density at radius 2 is 1.13 bits per heavy atom. The lowest BCUT2D eigenvalue weighted by atomic mass is 9.77. The normalized spacial score (nSPS) is 20.5. The van der Waals surface area contributed by atoms with Crippen LogP contribution in [-0.4, -0.2) is 42.4 Å². The van der Waals surface area contributed by atoms with E-state index in [2.05, 4.69) is 0 Å². The molecule has 3 heterocycles. The number of fused-ring (bicyclic) bond motifs is 2. The average molecular weight is 644 g/mol. The second-order valence-electron chi connectivity index (χ2n) is 15.7. The van der Waals surface area contributed by atoms with Gasteiger partial charge in [0.05, 0.1) is 27.8 Å². The fourth-order valence-electron chi connectivity index (χ4n) is 5.67. The van der Waals surface area contributed by atoms with Crippen LogP contribution in [-0.2, 0) is 31.5 Å². The predicted octanol–water partition coefficient (Wildman–Crippen LogP) is 7.21. The zero-order valence-electron chi connectivity index (χ0n) is 30.9. The van der Waals surface area contributed by atoms with Gasteiger partial charge in [0.2, 0.25) is 0 Å². The lowest BCUT2D eigenvalue weighted by Crippen LogP contribution is -2.41. The topological polar surface area (TPSA) is 84.2 Å². The van der Waals surface area contributed by atoms with Crippen LogP contribution in [0.4, 0.5) is 0 Å². The Bertz CT molecular complexity index is 1610. The maximum Gasteiger partial charge on any atom is 0.494 e. The maximum absolute atomic E-state index is 12.7. The van der Waals surface area contributed by atoms with E-state index in [9.17, 15) is 9.59 Å². The van der Waals surface area contributed by atoms with Crippen molar-refractivity contribution in [2.24, 2.45) is 5.41 Å². The SMILES string of the molecule is CC.CC(C)(C)C(=O)c1ccc(B2OC(C)(C)C(C)(C)O2)cc1.CC1(C)OB(c2ccc3c(=O)c4c(oc3c2)CCCC4)OC1(C)C. The first kappa shape index (κ1) is 37.1. The molecular weight excluding hydrogens is 590 g/mol. The number of aryl methyl sites for hydroxylation is 1. The predicted molar refractivity (Wildman–Crippen MR) is 192 cm³/mol. The van der Waals surface area contributed by atoms with Gasteiger partial charge in [0, 0.05) is 23.0 Å². The summed E-state index contributed by atoms with van der Waals surface area (Å²) in [6, 6.07) is 13.2. The molecule has 0 unspecified atom stereocenters. The van der Waals surface area contributed by atoms with Gasteiger partial charge in [-0.3, -0.25) is 9.59 Å². The van der Waals surface area contributed by atoms with Crippen LogP contribution in [0.15, 0.2) is 51.7 Å². The summed E-state index contributed by atoms with van der Waals surface area (Å²) < 4.78 is 30.3. The number of rotatable bonds is 3. The van der Waals surface area contributed by atoms with Crippen molar-refractivity contribution in [1.82, 2.24) is 0 Å². The van der Waals surface area contributed by atoms with Gasteiger partial charge in [0.15, 0.2) is 11.2 Å². The van der Waals surface area contributed by atoms with E-state index in [0.717, 1.165) is 53.5 Å². The number of carbonyl (C=O) groups is 1. The first-order chi connectivity index (χ1) is 21.7. The van der Waals surface area contributed by atoms with Crippen molar-refractivity contribution in [3.05, 3.63) is 69.6 Å². The number of ketones is 1. The molecule has 0 amide bonds. The minimum Gasteiger partial charge on any atom is -0.461 e. The fraction of sp³-hybridized carbons (Fsp3) is 0.579. The Morgan fingerprint density at radius 3 is 1.62 bits per heavy atom. The van der Waals surface area contributed by atoms with Crippen molar-refractivity contribution in [3.8, 4) is 0 Å². The summed E-state index contributed by atoms with van der Waals surface area (Å²) in [6.07, 6.45) is 3.82. The van der Waals surface area contributed by atoms with E-state index in [1.54, 1.807) is 0 Å². The second-order valence-corrected chi connectivity index (χ2v) is 15.7. The highest BCUT2D eigenvalue weighted by Gasteiger charge is 2.52. The molecule has 0 radical (unpaired) electrons. The molecule has 0 bridgehead atoms. The zero-order chi connectivity index (χ0) is 35.2. The van der Waals surface area contributed by atoms with Crippen molar-refractivity contribution in [2.45, 2.75) is 138 Å². The van der Waals surface area contributed by atoms with E-state index in [1.165, 1.54) is 0 Å². The van der Waals surface area contributed by atoms with Gasteiger partial charge >= 0.3 is 14.2 Å². The molecule has 2 aliphatic heterocycles. The van der Waals surface area contributed by atoms with Gasteiger partial charge in [0.1, 0.15) is 11.3 Å². The molecule has 254 valence electrons. The molecule has 3 aromatic rings. The fourth-order valence-corrected chi connectivity index (χ4v) is 5.67. The molecule has 0 saturated carbocycles. The first-order valence-corrected chi connectivity index (χ1v) is 17.2. The van der Waals surface area contributed by atoms with Crippen LogP contribution in [0.2, 0.25) is 0 Å². The van der Waals surface area contributed by atoms with Gasteiger partial charge in [-0.25, -0.2) is 0 Å². The highest BCUT2D eigenvalue weighted by molar-refractivity contribution is 6.62. The largest absolute Gasteiger partial charge is 0.494 e. The molecule has 3 aliphatic rings. The van der Waals surface area contributed by atoms with E-state index in [0.29, 0.717) is 11.0 Å². The molecule has 2 aromatic carbocycles. The molecule has 0 N–H and O–H groups in total. The van der Waals surface area contributed by atoms with Gasteiger partial charge in [-0.05, 0) is 97.7 Å². The highest BCUT2D eigenvalue weighted by Crippen LogP contribution is 2.37. The molecule has 6 rings (SSSR count). The van der Waals surface area contributed by atoms with E-state index < -0.39 is 7.12 Å². The highest BCUT2D eigenvalue weighted by atomic mass is 16.7. The number of Topliss-reactive ketones (excluding diaryl/α,β-unsaturated/α-hetero) is 1. The summed E-state index contributed by atoms with van der Waals surface area (Å²) in [4.78, 5) is 24.9. The van der Waals surface area contributed by atoms with Crippen LogP contribution in [0.3, 0.4) is 0 Å². The zero-order valence-corrected chi connectivity index (χ0v) is 30.9. The first-order valence-electron chi connectivity index (χ1n) is 17.2. The van der Waals surface area contributed by atoms with Crippen LogP contribution in [0.5, 0.6) is 0 Å². The lowest BCUT2D eigenvalue weighted by Gasteiger charge is -2.32. The molecule has 1 aromatic heterocycles. The van der Waals surface area contributed by atoms with Crippen molar-refractivity contribution >= 4 is 41.9 Å². The molecule has 0 atom stereocenters. The standard InChI is InChI=1S/C19H23BO4.C17H25BO3.C2H6/c1-18(2)19(3,4)24-20(23-18)12-9-10-14-16(11-12)22-15-8-6-5-7-13(15)17(14)21;1-15(2,3)14(19)12-8-10-13(11-9-12)18-20-16(4,5)17(6,7)21-18;1-2/h9-11H,5-8H2,1-4H3;8-11H,1-7H3;1-2H3. The third-order valence-electron chi connectivity index (χ3n) is 10.1. The summed E-state index contributed by atoms with van der Waals surface area (Å²) in [5.41, 5.74) is 2.33. The number of hydrogen-bond acceptors (Lipinski definition) is 7. The Kier molecular flexibility index (Phi) is 10.5. The Balaban J connectivity index is 0.000000204. The lowest BCUT2D eigenvalue weighted by molar-refractivity contribution is 0.00578. The van der Waals surface area contributed by atoms with Gasteiger partial charge in [-0.2, -0.15) is 0 Å². The minimum absolute atomic E-state index is 0.117. The average Bonchev–Trinajstić information content (AvgIpc) is 3.37. The summed E-state index contributed by atoms with van der Waals surface area (Å²) in [5, 5.41) is 0.649.